The number of allylic oxidation sites excluding steroid dienone is 2. The van der Waals surface area contributed by atoms with E-state index in [2.05, 4.69) is 6.58 Å². The van der Waals surface area contributed by atoms with Crippen molar-refractivity contribution in [2.45, 2.75) is 25.1 Å². The molecule has 1 aromatic rings. The maximum absolute atomic E-state index is 13.1. The molecule has 1 aliphatic carbocycles. The van der Waals surface area contributed by atoms with Crippen LogP contribution in [-0.2, 0) is 11.0 Å². The molecule has 1 saturated carbocycles. The molecule has 0 aromatic heterocycles. The number of likely N-dealkylation sites (tertiary alicyclic amines) is 1. The van der Waals surface area contributed by atoms with Crippen LogP contribution in [0.5, 0.6) is 5.75 Å². The summed E-state index contributed by atoms with van der Waals surface area (Å²) in [6.45, 7) is 4.84. The number of nitrogens with zero attached hydrogens (tertiary/aromatic N) is 3. The highest BCUT2D eigenvalue weighted by molar-refractivity contribution is 5.93. The summed E-state index contributed by atoms with van der Waals surface area (Å²) in [5, 5.41) is 8.86. The highest BCUT2D eigenvalue weighted by Crippen LogP contribution is 2.50. The second kappa shape index (κ2) is 7.47. The van der Waals surface area contributed by atoms with E-state index < -0.39 is 17.3 Å². The number of halogens is 3. The van der Waals surface area contributed by atoms with Crippen molar-refractivity contribution >= 4 is 5.91 Å². The van der Waals surface area contributed by atoms with Crippen molar-refractivity contribution < 1.29 is 22.7 Å². The van der Waals surface area contributed by atoms with Crippen molar-refractivity contribution in [3.05, 3.63) is 53.8 Å². The summed E-state index contributed by atoms with van der Waals surface area (Å²) < 4.78 is 44.9. The Hall–Kier alpha value is -2.95. The van der Waals surface area contributed by atoms with Gasteiger partial charge in [0.1, 0.15) is 17.6 Å². The van der Waals surface area contributed by atoms with Gasteiger partial charge in [0.2, 0.25) is 0 Å². The summed E-state index contributed by atoms with van der Waals surface area (Å²) >= 11 is 0. The molecule has 0 atom stereocenters. The van der Waals surface area contributed by atoms with Crippen LogP contribution in [0.4, 0.5) is 13.2 Å². The van der Waals surface area contributed by atoms with E-state index >= 15 is 0 Å². The molecule has 5 nitrogen and oxygen atoms in total. The molecule has 1 amide bonds. The number of benzene rings is 1. The normalized spacial score (nSPS) is 18.5. The van der Waals surface area contributed by atoms with Crippen molar-refractivity contribution in [1.82, 2.24) is 9.80 Å². The van der Waals surface area contributed by atoms with E-state index in [9.17, 15) is 18.0 Å². The maximum atomic E-state index is 13.1. The Bertz CT molecular complexity index is 885. The van der Waals surface area contributed by atoms with E-state index in [1.165, 1.54) is 6.07 Å². The predicted octanol–water partition coefficient (Wildman–Crippen LogP) is 3.58. The number of nitriles is 1. The molecular weight excluding hydrogens is 383 g/mol. The van der Waals surface area contributed by atoms with Crippen molar-refractivity contribution in [3.8, 4) is 11.8 Å². The first-order chi connectivity index (χ1) is 13.6. The van der Waals surface area contributed by atoms with Gasteiger partial charge in [-0.3, -0.25) is 4.79 Å². The van der Waals surface area contributed by atoms with Crippen LogP contribution in [0.1, 0.15) is 24.0 Å². The molecule has 1 saturated heterocycles. The number of carbonyl (C=O) groups excluding carboxylic acids is 1. The quantitative estimate of drug-likeness (QED) is 0.555. The number of likely N-dealkylation sites (N-methyl/N-ethyl adjacent to an activating group) is 1. The number of alkyl halides is 3. The topological polar surface area (TPSA) is 56.6 Å². The Morgan fingerprint density at radius 1 is 1.38 bits per heavy atom. The number of ether oxygens (including phenoxy) is 1. The highest BCUT2D eigenvalue weighted by Gasteiger charge is 2.55. The van der Waals surface area contributed by atoms with E-state index in [0.717, 1.165) is 12.1 Å². The predicted molar refractivity (Wildman–Crippen MR) is 101 cm³/mol. The lowest BCUT2D eigenvalue weighted by Crippen LogP contribution is -2.66. The molecule has 0 N–H and O–H groups in total. The van der Waals surface area contributed by atoms with E-state index in [-0.39, 0.29) is 23.2 Å². The molecular formula is C21H22F3N3O2. The molecule has 3 rings (SSSR count). The Kier molecular flexibility index (Phi) is 5.35. The minimum atomic E-state index is -4.61. The minimum Gasteiger partial charge on any atom is -0.490 e. The van der Waals surface area contributed by atoms with Crippen molar-refractivity contribution in [2.75, 3.05) is 27.2 Å². The van der Waals surface area contributed by atoms with Gasteiger partial charge in [0, 0.05) is 32.6 Å². The summed E-state index contributed by atoms with van der Waals surface area (Å²) in [5.41, 5.74) is -0.880. The largest absolute Gasteiger partial charge is 0.490 e. The van der Waals surface area contributed by atoms with E-state index in [0.29, 0.717) is 31.6 Å². The van der Waals surface area contributed by atoms with Crippen LogP contribution in [0.3, 0.4) is 0 Å². The van der Waals surface area contributed by atoms with Gasteiger partial charge < -0.3 is 14.5 Å². The molecule has 2 aliphatic rings. The van der Waals surface area contributed by atoms with Gasteiger partial charge in [-0.2, -0.15) is 18.4 Å². The van der Waals surface area contributed by atoms with Crippen LogP contribution in [0.25, 0.3) is 0 Å². The summed E-state index contributed by atoms with van der Waals surface area (Å²) in [7, 11) is 3.59. The van der Waals surface area contributed by atoms with Gasteiger partial charge in [0.25, 0.3) is 5.91 Å². The molecule has 1 spiro atoms. The zero-order valence-corrected chi connectivity index (χ0v) is 16.3. The smallest absolute Gasteiger partial charge is 0.417 e. The Labute approximate surface area is 167 Å². The third-order valence-corrected chi connectivity index (χ3v) is 5.36. The molecule has 1 aliphatic heterocycles. The van der Waals surface area contributed by atoms with Gasteiger partial charge in [-0.05, 0) is 37.1 Å². The third-order valence-electron chi connectivity index (χ3n) is 5.36. The first-order valence-electron chi connectivity index (χ1n) is 9.16. The third kappa shape index (κ3) is 4.09. The number of rotatable bonds is 5. The summed E-state index contributed by atoms with van der Waals surface area (Å²) in [5.74, 6) is 0.0408. The van der Waals surface area contributed by atoms with Gasteiger partial charge in [0.05, 0.1) is 17.2 Å². The van der Waals surface area contributed by atoms with Gasteiger partial charge >= 0.3 is 6.18 Å². The van der Waals surface area contributed by atoms with E-state index in [1.807, 2.05) is 0 Å². The number of amides is 1. The Morgan fingerprint density at radius 3 is 2.55 bits per heavy atom. The van der Waals surface area contributed by atoms with E-state index in [4.69, 9.17) is 10.00 Å². The number of hydrogen-bond acceptors (Lipinski definition) is 4. The summed E-state index contributed by atoms with van der Waals surface area (Å²) in [6.07, 6.45) is -0.200. The van der Waals surface area contributed by atoms with Gasteiger partial charge in [-0.1, -0.05) is 12.7 Å². The fourth-order valence-electron chi connectivity index (χ4n) is 3.96. The number of hydrogen-bond donors (Lipinski definition) is 0. The second-order valence-corrected chi connectivity index (χ2v) is 7.81. The lowest BCUT2D eigenvalue weighted by Gasteiger charge is -2.58. The maximum Gasteiger partial charge on any atom is 0.417 e. The zero-order chi connectivity index (χ0) is 21.4. The van der Waals surface area contributed by atoms with Gasteiger partial charge in [-0.15, -0.1) is 0 Å². The number of carbonyl (C=O) groups is 1. The minimum absolute atomic E-state index is 0.0224. The lowest BCUT2D eigenvalue weighted by atomic mass is 9.61. The van der Waals surface area contributed by atoms with Crippen molar-refractivity contribution in [2.24, 2.45) is 5.41 Å². The molecule has 1 heterocycles. The van der Waals surface area contributed by atoms with Crippen LogP contribution in [-0.4, -0.2) is 49.0 Å². The fraction of sp³-hybridized carbons (Fsp3) is 0.429. The molecule has 0 radical (unpaired) electrons. The molecule has 154 valence electrons. The standard InChI is InChI=1S/C21H22F3N3O2/c1-4-5-18(26(2)3)19(28)27-12-20(13-27)9-16(10-20)29-15-7-6-14(11-25)17(8-15)21(22,23)24/h4-8,16H,1,9-10,12-13H2,2-3H3/b18-5-. The monoisotopic (exact) mass is 405 g/mol. The van der Waals surface area contributed by atoms with E-state index in [1.54, 1.807) is 42.1 Å². The van der Waals surface area contributed by atoms with Crippen LogP contribution in [0.2, 0.25) is 0 Å². The molecule has 2 fully saturated rings. The molecule has 8 heteroatoms. The lowest BCUT2D eigenvalue weighted by molar-refractivity contribution is -0.157. The van der Waals surface area contributed by atoms with Crippen LogP contribution in [0, 0.1) is 16.7 Å². The van der Waals surface area contributed by atoms with Gasteiger partial charge in [-0.25, -0.2) is 0 Å². The highest BCUT2D eigenvalue weighted by atomic mass is 19.4. The molecule has 29 heavy (non-hydrogen) atoms. The molecule has 1 aromatic carbocycles. The van der Waals surface area contributed by atoms with Crippen LogP contribution >= 0.6 is 0 Å². The SMILES string of the molecule is C=C/C=C(/C(=O)N1CC2(CC(Oc3ccc(C#N)c(C(F)(F)F)c3)C2)C1)N(C)C. The van der Waals surface area contributed by atoms with Crippen LogP contribution < -0.4 is 4.74 Å². The summed E-state index contributed by atoms with van der Waals surface area (Å²) in [6, 6.07) is 4.95. The van der Waals surface area contributed by atoms with Gasteiger partial charge in [0.15, 0.2) is 0 Å². The summed E-state index contributed by atoms with van der Waals surface area (Å²) in [4.78, 5) is 16.1. The molecule has 0 bridgehead atoms. The second-order valence-electron chi connectivity index (χ2n) is 7.81. The zero-order valence-electron chi connectivity index (χ0n) is 16.3. The van der Waals surface area contributed by atoms with Crippen molar-refractivity contribution in [3.63, 3.8) is 0 Å². The average Bonchev–Trinajstić information content (AvgIpc) is 2.58. The Morgan fingerprint density at radius 2 is 2.03 bits per heavy atom. The first-order valence-corrected chi connectivity index (χ1v) is 9.16. The van der Waals surface area contributed by atoms with Crippen molar-refractivity contribution in [1.29, 1.82) is 5.26 Å². The fourth-order valence-corrected chi connectivity index (χ4v) is 3.96. The Balaban J connectivity index is 1.57. The van der Waals surface area contributed by atoms with Crippen LogP contribution in [0.15, 0.2) is 42.6 Å². The molecule has 0 unspecified atom stereocenters. The first kappa shape index (κ1) is 20.8. The average molecular weight is 405 g/mol.